The molecule has 0 aromatic heterocycles. The monoisotopic (exact) mass is 187 g/mol. The number of nitrogens with one attached hydrogen (secondary N) is 1. The summed E-state index contributed by atoms with van der Waals surface area (Å²) in [5.41, 5.74) is -3.15. The van der Waals surface area contributed by atoms with E-state index in [-0.39, 0.29) is 6.54 Å². The second-order valence-corrected chi connectivity index (χ2v) is 2.84. The molecule has 12 heavy (non-hydrogen) atoms. The van der Waals surface area contributed by atoms with Gasteiger partial charge in [-0.15, -0.1) is 0 Å². The molecule has 72 valence electrons. The normalized spacial score (nSPS) is 38.2. The van der Waals surface area contributed by atoms with Crippen molar-refractivity contribution in [1.82, 2.24) is 5.32 Å². The maximum Gasteiger partial charge on any atom is 0.420 e. The average Bonchev–Trinajstić information content (AvgIpc) is 1.93. The van der Waals surface area contributed by atoms with Crippen LogP contribution in [0.1, 0.15) is 6.42 Å². The SMILES string of the molecule is O[C@@]1(C(F)(F)F)CCNCC1F. The van der Waals surface area contributed by atoms with Crippen LogP contribution in [0.2, 0.25) is 0 Å². The van der Waals surface area contributed by atoms with Crippen LogP contribution >= 0.6 is 0 Å². The van der Waals surface area contributed by atoms with Crippen molar-refractivity contribution in [3.8, 4) is 0 Å². The number of rotatable bonds is 0. The van der Waals surface area contributed by atoms with Crippen molar-refractivity contribution in [3.63, 3.8) is 0 Å². The summed E-state index contributed by atoms with van der Waals surface area (Å²) in [7, 11) is 0. The van der Waals surface area contributed by atoms with Gasteiger partial charge in [0.2, 0.25) is 0 Å². The summed E-state index contributed by atoms with van der Waals surface area (Å²) in [6, 6.07) is 0. The number of alkyl halides is 4. The lowest BCUT2D eigenvalue weighted by Gasteiger charge is -2.36. The zero-order valence-corrected chi connectivity index (χ0v) is 6.16. The van der Waals surface area contributed by atoms with Crippen LogP contribution < -0.4 is 5.32 Å². The molecule has 0 aromatic rings. The fourth-order valence-electron chi connectivity index (χ4n) is 1.15. The molecule has 0 saturated carbocycles. The van der Waals surface area contributed by atoms with Gasteiger partial charge in [-0.3, -0.25) is 0 Å². The van der Waals surface area contributed by atoms with Crippen molar-refractivity contribution in [2.24, 2.45) is 0 Å². The number of piperidine rings is 1. The molecule has 0 aromatic carbocycles. The van der Waals surface area contributed by atoms with E-state index in [1.807, 2.05) is 0 Å². The smallest absolute Gasteiger partial charge is 0.378 e. The quantitative estimate of drug-likeness (QED) is 0.544. The van der Waals surface area contributed by atoms with Crippen molar-refractivity contribution in [3.05, 3.63) is 0 Å². The molecular weight excluding hydrogens is 178 g/mol. The highest BCUT2D eigenvalue weighted by Gasteiger charge is 2.59. The predicted molar refractivity (Wildman–Crippen MR) is 33.4 cm³/mol. The number of aliphatic hydroxyl groups is 1. The van der Waals surface area contributed by atoms with E-state index in [2.05, 4.69) is 5.32 Å². The van der Waals surface area contributed by atoms with Crippen molar-refractivity contribution in [2.75, 3.05) is 13.1 Å². The first kappa shape index (κ1) is 9.73. The lowest BCUT2D eigenvalue weighted by Crippen LogP contribution is -2.60. The molecule has 1 aliphatic heterocycles. The molecule has 2 atom stereocenters. The minimum absolute atomic E-state index is 0.0174. The Bertz CT molecular complexity index is 171. The number of hydrogen-bond donors (Lipinski definition) is 2. The summed E-state index contributed by atoms with van der Waals surface area (Å²) < 4.78 is 48.9. The standard InChI is InChI=1S/C6H9F4NO/c7-4-3-11-2-1-5(4,12)6(8,9)10/h4,11-12H,1-3H2/t4?,5-/m0/s1. The van der Waals surface area contributed by atoms with Gasteiger partial charge in [0.15, 0.2) is 11.8 Å². The molecule has 0 aliphatic carbocycles. The van der Waals surface area contributed by atoms with E-state index in [0.29, 0.717) is 0 Å². The lowest BCUT2D eigenvalue weighted by molar-refractivity contribution is -0.286. The van der Waals surface area contributed by atoms with Gasteiger partial charge >= 0.3 is 6.18 Å². The zero-order valence-electron chi connectivity index (χ0n) is 6.16. The highest BCUT2D eigenvalue weighted by molar-refractivity contribution is 4.97. The van der Waals surface area contributed by atoms with Crippen LogP contribution in [-0.2, 0) is 0 Å². The van der Waals surface area contributed by atoms with Crippen molar-refractivity contribution >= 4 is 0 Å². The highest BCUT2D eigenvalue weighted by atomic mass is 19.4. The first-order valence-corrected chi connectivity index (χ1v) is 3.52. The Labute approximate surface area is 66.6 Å². The van der Waals surface area contributed by atoms with E-state index in [9.17, 15) is 17.6 Å². The second kappa shape index (κ2) is 2.85. The van der Waals surface area contributed by atoms with E-state index < -0.39 is 30.9 Å². The zero-order chi connectivity index (χ0) is 9.41. The molecule has 0 amide bonds. The van der Waals surface area contributed by atoms with Crippen molar-refractivity contribution in [1.29, 1.82) is 0 Å². The van der Waals surface area contributed by atoms with Gasteiger partial charge in [-0.25, -0.2) is 4.39 Å². The second-order valence-electron chi connectivity index (χ2n) is 2.84. The molecule has 2 nitrogen and oxygen atoms in total. The summed E-state index contributed by atoms with van der Waals surface area (Å²) in [5.74, 6) is 0. The molecule has 1 unspecified atom stereocenters. The first-order valence-electron chi connectivity index (χ1n) is 3.52. The van der Waals surface area contributed by atoms with Gasteiger partial charge < -0.3 is 10.4 Å². The van der Waals surface area contributed by atoms with Crippen LogP contribution in [0.3, 0.4) is 0 Å². The van der Waals surface area contributed by atoms with E-state index in [4.69, 9.17) is 5.11 Å². The minimum atomic E-state index is -4.88. The maximum atomic E-state index is 12.7. The molecule has 1 aliphatic rings. The minimum Gasteiger partial charge on any atom is -0.378 e. The van der Waals surface area contributed by atoms with Gasteiger partial charge in [0.1, 0.15) is 0 Å². The summed E-state index contributed by atoms with van der Waals surface area (Å²) in [6.45, 7) is -0.466. The third-order valence-electron chi connectivity index (χ3n) is 2.02. The third-order valence-corrected chi connectivity index (χ3v) is 2.02. The van der Waals surface area contributed by atoms with E-state index in [0.717, 1.165) is 0 Å². The Balaban J connectivity index is 2.79. The fraction of sp³-hybridized carbons (Fsp3) is 1.00. The van der Waals surface area contributed by atoms with Crippen LogP contribution in [0, 0.1) is 0 Å². The lowest BCUT2D eigenvalue weighted by atomic mass is 9.90. The molecule has 0 spiro atoms. The molecular formula is C6H9F4NO. The average molecular weight is 187 g/mol. The van der Waals surface area contributed by atoms with Gasteiger partial charge in [0.05, 0.1) is 0 Å². The van der Waals surface area contributed by atoms with Crippen molar-refractivity contribution < 1.29 is 22.7 Å². The van der Waals surface area contributed by atoms with E-state index >= 15 is 0 Å². The van der Waals surface area contributed by atoms with Crippen LogP contribution in [0.5, 0.6) is 0 Å². The Morgan fingerprint density at radius 1 is 1.42 bits per heavy atom. The molecule has 0 radical (unpaired) electrons. The topological polar surface area (TPSA) is 32.3 Å². The largest absolute Gasteiger partial charge is 0.420 e. The highest BCUT2D eigenvalue weighted by Crippen LogP contribution is 2.38. The van der Waals surface area contributed by atoms with Crippen LogP contribution in [0.4, 0.5) is 17.6 Å². The van der Waals surface area contributed by atoms with Gasteiger partial charge in [-0.2, -0.15) is 13.2 Å². The first-order chi connectivity index (χ1) is 5.38. The van der Waals surface area contributed by atoms with Gasteiger partial charge in [0.25, 0.3) is 0 Å². The number of halogens is 4. The molecule has 1 heterocycles. The van der Waals surface area contributed by atoms with Crippen LogP contribution in [0.25, 0.3) is 0 Å². The van der Waals surface area contributed by atoms with Gasteiger partial charge in [-0.05, 0) is 6.54 Å². The molecule has 2 N–H and O–H groups in total. The summed E-state index contributed by atoms with van der Waals surface area (Å²) >= 11 is 0. The molecule has 6 heteroatoms. The van der Waals surface area contributed by atoms with E-state index in [1.165, 1.54) is 0 Å². The summed E-state index contributed by atoms with van der Waals surface area (Å²) in [6.07, 6.45) is -7.78. The Morgan fingerprint density at radius 2 is 2.00 bits per heavy atom. The van der Waals surface area contributed by atoms with Gasteiger partial charge in [-0.1, -0.05) is 0 Å². The Kier molecular flexibility index (Phi) is 2.31. The van der Waals surface area contributed by atoms with Gasteiger partial charge in [0, 0.05) is 13.0 Å². The van der Waals surface area contributed by atoms with E-state index in [1.54, 1.807) is 0 Å². The maximum absolute atomic E-state index is 12.7. The molecule has 1 fully saturated rings. The summed E-state index contributed by atoms with van der Waals surface area (Å²) in [4.78, 5) is 0. The third kappa shape index (κ3) is 1.40. The number of hydrogen-bond acceptors (Lipinski definition) is 2. The molecule has 0 bridgehead atoms. The fourth-order valence-corrected chi connectivity index (χ4v) is 1.15. The Hall–Kier alpha value is -0.360. The summed E-state index contributed by atoms with van der Waals surface area (Å²) in [5, 5.41) is 11.4. The molecule has 1 rings (SSSR count). The molecule has 1 saturated heterocycles. The van der Waals surface area contributed by atoms with Crippen LogP contribution in [0.15, 0.2) is 0 Å². The Morgan fingerprint density at radius 3 is 2.33 bits per heavy atom. The van der Waals surface area contributed by atoms with Crippen LogP contribution in [-0.4, -0.2) is 36.1 Å². The van der Waals surface area contributed by atoms with Crippen molar-refractivity contribution in [2.45, 2.75) is 24.4 Å². The predicted octanol–water partition coefficient (Wildman–Crippen LogP) is 0.611.